The Labute approximate surface area is 177 Å². The fraction of sp³-hybridized carbons (Fsp3) is 0.478. The van der Waals surface area contributed by atoms with Crippen molar-refractivity contribution in [3.8, 4) is 0 Å². The minimum absolute atomic E-state index is 0.0138. The summed E-state index contributed by atoms with van der Waals surface area (Å²) in [6.45, 7) is 3.06. The summed E-state index contributed by atoms with van der Waals surface area (Å²) < 4.78 is 1.90. The van der Waals surface area contributed by atoms with Crippen LogP contribution >= 0.6 is 11.6 Å². The number of benzene rings is 1. The molecule has 1 saturated carbocycles. The Morgan fingerprint density at radius 1 is 1.14 bits per heavy atom. The highest BCUT2D eigenvalue weighted by Crippen LogP contribution is 2.29. The third-order valence-electron chi connectivity index (χ3n) is 6.25. The molecule has 1 N–H and O–H groups in total. The second-order valence-corrected chi connectivity index (χ2v) is 8.83. The number of hydrogen-bond acceptors (Lipinski definition) is 2. The first-order chi connectivity index (χ1) is 14.0. The molecule has 2 amide bonds. The van der Waals surface area contributed by atoms with E-state index in [0.717, 1.165) is 42.9 Å². The third kappa shape index (κ3) is 4.50. The van der Waals surface area contributed by atoms with E-state index < -0.39 is 6.04 Å². The lowest BCUT2D eigenvalue weighted by Gasteiger charge is -2.37. The molecule has 29 heavy (non-hydrogen) atoms. The van der Waals surface area contributed by atoms with Crippen LogP contribution in [0.1, 0.15) is 49.9 Å². The summed E-state index contributed by atoms with van der Waals surface area (Å²) in [4.78, 5) is 27.9. The molecule has 1 aromatic heterocycles. The molecule has 0 unspecified atom stereocenters. The SMILES string of the molecule is CC1CCC(NC(=O)[C@@H]2c3cccn3CC(=O)N2CCc2ccc(Cl)cc2)CC1. The smallest absolute Gasteiger partial charge is 0.249 e. The lowest BCUT2D eigenvalue weighted by Crippen LogP contribution is -2.51. The molecular formula is C23H28ClN3O2. The van der Waals surface area contributed by atoms with Gasteiger partial charge in [-0.15, -0.1) is 0 Å². The Balaban J connectivity index is 1.51. The van der Waals surface area contributed by atoms with E-state index in [4.69, 9.17) is 11.6 Å². The van der Waals surface area contributed by atoms with Gasteiger partial charge in [-0.05, 0) is 67.9 Å². The van der Waals surface area contributed by atoms with Gasteiger partial charge >= 0.3 is 0 Å². The number of amides is 2. The monoisotopic (exact) mass is 413 g/mol. The Kier molecular flexibility index (Phi) is 5.95. The number of carbonyl (C=O) groups excluding carboxylic acids is 2. The van der Waals surface area contributed by atoms with Crippen molar-refractivity contribution >= 4 is 23.4 Å². The second-order valence-electron chi connectivity index (χ2n) is 8.39. The summed E-state index contributed by atoms with van der Waals surface area (Å²) >= 11 is 5.97. The maximum atomic E-state index is 13.3. The normalized spacial score (nSPS) is 24.3. The zero-order chi connectivity index (χ0) is 20.4. The van der Waals surface area contributed by atoms with E-state index >= 15 is 0 Å². The van der Waals surface area contributed by atoms with Crippen molar-refractivity contribution in [3.63, 3.8) is 0 Å². The maximum absolute atomic E-state index is 13.3. The van der Waals surface area contributed by atoms with Crippen molar-refractivity contribution in [2.75, 3.05) is 6.54 Å². The van der Waals surface area contributed by atoms with Gasteiger partial charge in [0.25, 0.3) is 0 Å². The number of rotatable bonds is 5. The number of nitrogens with zero attached hydrogens (tertiary/aromatic N) is 2. The Morgan fingerprint density at radius 2 is 1.86 bits per heavy atom. The molecule has 1 aliphatic heterocycles. The number of carbonyl (C=O) groups is 2. The van der Waals surface area contributed by atoms with Crippen LogP contribution in [-0.2, 0) is 22.6 Å². The first kappa shape index (κ1) is 20.0. The molecule has 1 fully saturated rings. The zero-order valence-corrected chi connectivity index (χ0v) is 17.6. The summed E-state index contributed by atoms with van der Waals surface area (Å²) in [7, 11) is 0. The molecule has 6 heteroatoms. The lowest BCUT2D eigenvalue weighted by molar-refractivity contribution is -0.144. The summed E-state index contributed by atoms with van der Waals surface area (Å²) in [5.41, 5.74) is 1.99. The van der Waals surface area contributed by atoms with Crippen LogP contribution in [0.25, 0.3) is 0 Å². The van der Waals surface area contributed by atoms with Crippen molar-refractivity contribution < 1.29 is 9.59 Å². The minimum atomic E-state index is -0.571. The summed E-state index contributed by atoms with van der Waals surface area (Å²) in [5, 5.41) is 3.93. The standard InChI is InChI=1S/C23H28ClN3O2/c1-16-4-10-19(11-5-16)25-23(29)22-20-3-2-13-26(20)15-21(28)27(22)14-12-17-6-8-18(24)9-7-17/h2-3,6-9,13,16,19,22H,4-5,10-12,14-15H2,1H3,(H,25,29)/t16?,19?,22-/m0/s1. The zero-order valence-electron chi connectivity index (χ0n) is 16.8. The highest BCUT2D eigenvalue weighted by atomic mass is 35.5. The van der Waals surface area contributed by atoms with Gasteiger partial charge in [-0.3, -0.25) is 9.59 Å². The van der Waals surface area contributed by atoms with Crippen LogP contribution in [0.3, 0.4) is 0 Å². The first-order valence-corrected chi connectivity index (χ1v) is 10.9. The van der Waals surface area contributed by atoms with Gasteiger partial charge in [0, 0.05) is 23.8 Å². The van der Waals surface area contributed by atoms with Gasteiger partial charge in [-0.25, -0.2) is 0 Å². The van der Waals surface area contributed by atoms with Gasteiger partial charge in [0.05, 0.1) is 5.69 Å². The number of halogens is 1. The number of fused-ring (bicyclic) bond motifs is 1. The highest BCUT2D eigenvalue weighted by Gasteiger charge is 2.38. The fourth-order valence-corrected chi connectivity index (χ4v) is 4.60. The topological polar surface area (TPSA) is 54.3 Å². The van der Waals surface area contributed by atoms with Crippen LogP contribution in [0.15, 0.2) is 42.6 Å². The molecule has 1 atom stereocenters. The van der Waals surface area contributed by atoms with Gasteiger partial charge in [-0.1, -0.05) is 30.7 Å². The maximum Gasteiger partial charge on any atom is 0.249 e. The Bertz CT molecular complexity index is 869. The van der Waals surface area contributed by atoms with E-state index in [2.05, 4.69) is 12.2 Å². The largest absolute Gasteiger partial charge is 0.351 e. The molecule has 1 aliphatic carbocycles. The molecule has 0 saturated heterocycles. The second kappa shape index (κ2) is 8.62. The van der Waals surface area contributed by atoms with E-state index in [1.807, 2.05) is 47.2 Å². The molecule has 0 radical (unpaired) electrons. The predicted molar refractivity (Wildman–Crippen MR) is 114 cm³/mol. The van der Waals surface area contributed by atoms with Gasteiger partial charge < -0.3 is 14.8 Å². The van der Waals surface area contributed by atoms with Crippen LogP contribution in [0.2, 0.25) is 5.02 Å². The van der Waals surface area contributed by atoms with Crippen molar-refractivity contribution in [2.45, 2.75) is 57.7 Å². The quantitative estimate of drug-likeness (QED) is 0.806. The number of nitrogens with one attached hydrogen (secondary N) is 1. The van der Waals surface area contributed by atoms with E-state index in [9.17, 15) is 9.59 Å². The van der Waals surface area contributed by atoms with E-state index in [-0.39, 0.29) is 24.4 Å². The molecule has 2 heterocycles. The molecule has 4 rings (SSSR count). The van der Waals surface area contributed by atoms with Crippen LogP contribution < -0.4 is 5.32 Å². The van der Waals surface area contributed by atoms with Crippen LogP contribution in [0, 0.1) is 5.92 Å². The Hall–Kier alpha value is -2.27. The van der Waals surface area contributed by atoms with Gasteiger partial charge in [0.15, 0.2) is 6.04 Å². The Morgan fingerprint density at radius 3 is 2.59 bits per heavy atom. The molecule has 0 bridgehead atoms. The average molecular weight is 414 g/mol. The summed E-state index contributed by atoms with van der Waals surface area (Å²) in [5.74, 6) is 0.654. The van der Waals surface area contributed by atoms with Gasteiger partial charge in [0.1, 0.15) is 6.54 Å². The van der Waals surface area contributed by atoms with Gasteiger partial charge in [0.2, 0.25) is 11.8 Å². The molecule has 2 aliphatic rings. The number of hydrogen-bond donors (Lipinski definition) is 1. The lowest BCUT2D eigenvalue weighted by atomic mass is 9.87. The van der Waals surface area contributed by atoms with E-state index in [1.54, 1.807) is 4.90 Å². The summed E-state index contributed by atoms with van der Waals surface area (Å²) in [6, 6.07) is 11.1. The summed E-state index contributed by atoms with van der Waals surface area (Å²) in [6.07, 6.45) is 6.88. The van der Waals surface area contributed by atoms with E-state index in [0.29, 0.717) is 18.0 Å². The molecule has 5 nitrogen and oxygen atoms in total. The van der Waals surface area contributed by atoms with Crippen LogP contribution in [-0.4, -0.2) is 33.9 Å². The van der Waals surface area contributed by atoms with Crippen molar-refractivity contribution in [1.82, 2.24) is 14.8 Å². The molecule has 1 aromatic carbocycles. The average Bonchev–Trinajstić information content (AvgIpc) is 3.16. The fourth-order valence-electron chi connectivity index (χ4n) is 4.47. The molecular weight excluding hydrogens is 386 g/mol. The van der Waals surface area contributed by atoms with Crippen LogP contribution in [0.5, 0.6) is 0 Å². The predicted octanol–water partition coefficient (Wildman–Crippen LogP) is 3.96. The van der Waals surface area contributed by atoms with Crippen LogP contribution in [0.4, 0.5) is 0 Å². The molecule has 0 spiro atoms. The molecule has 2 aromatic rings. The third-order valence-corrected chi connectivity index (χ3v) is 6.50. The van der Waals surface area contributed by atoms with Crippen molar-refractivity contribution in [2.24, 2.45) is 5.92 Å². The van der Waals surface area contributed by atoms with Crippen molar-refractivity contribution in [3.05, 3.63) is 58.9 Å². The van der Waals surface area contributed by atoms with Crippen molar-refractivity contribution in [1.29, 1.82) is 0 Å². The number of aromatic nitrogens is 1. The first-order valence-electron chi connectivity index (χ1n) is 10.5. The van der Waals surface area contributed by atoms with Gasteiger partial charge in [-0.2, -0.15) is 0 Å². The molecule has 154 valence electrons. The highest BCUT2D eigenvalue weighted by molar-refractivity contribution is 6.30. The van der Waals surface area contributed by atoms with E-state index in [1.165, 1.54) is 0 Å². The minimum Gasteiger partial charge on any atom is -0.351 e.